The first-order valence-corrected chi connectivity index (χ1v) is 6.91. The van der Waals surface area contributed by atoms with E-state index < -0.39 is 0 Å². The lowest BCUT2D eigenvalue weighted by Crippen LogP contribution is -2.37. The molecule has 1 unspecified atom stereocenters. The van der Waals surface area contributed by atoms with Gasteiger partial charge in [-0.1, -0.05) is 13.8 Å². The number of hydrogen-bond acceptors (Lipinski definition) is 4. The molecule has 3 heterocycles. The van der Waals surface area contributed by atoms with Crippen LogP contribution in [0.4, 0.5) is 5.95 Å². The highest BCUT2D eigenvalue weighted by atomic mass is 16.1. The number of anilines is 1. The molecule has 0 aromatic carbocycles. The van der Waals surface area contributed by atoms with Crippen molar-refractivity contribution < 1.29 is 0 Å². The van der Waals surface area contributed by atoms with Crippen molar-refractivity contribution in [1.82, 2.24) is 19.6 Å². The fourth-order valence-electron chi connectivity index (χ4n) is 2.72. The summed E-state index contributed by atoms with van der Waals surface area (Å²) >= 11 is 0. The predicted molar refractivity (Wildman–Crippen MR) is 73.6 cm³/mol. The summed E-state index contributed by atoms with van der Waals surface area (Å²) in [4.78, 5) is 18.7. The Labute approximate surface area is 111 Å². The molecule has 0 radical (unpaired) electrons. The summed E-state index contributed by atoms with van der Waals surface area (Å²) in [5, 5.41) is 6.57. The Kier molecular flexibility index (Phi) is 3.00. The topological polar surface area (TPSA) is 66.3 Å². The number of hydrogen-bond donors (Lipinski definition) is 1. The molecule has 102 valence electrons. The minimum absolute atomic E-state index is 0.210. The summed E-state index contributed by atoms with van der Waals surface area (Å²) in [6, 6.07) is 1.87. The number of aromatic amines is 1. The molecule has 2 aromatic heterocycles. The number of aromatic nitrogens is 4. The Morgan fingerprint density at radius 1 is 1.53 bits per heavy atom. The second kappa shape index (κ2) is 4.68. The van der Waals surface area contributed by atoms with Crippen molar-refractivity contribution in [2.45, 2.75) is 33.1 Å². The van der Waals surface area contributed by atoms with Gasteiger partial charge in [0, 0.05) is 24.8 Å². The minimum Gasteiger partial charge on any atom is -0.342 e. The molecule has 1 N–H and O–H groups in total. The average Bonchev–Trinajstić information content (AvgIpc) is 2.79. The molecule has 19 heavy (non-hydrogen) atoms. The van der Waals surface area contributed by atoms with Gasteiger partial charge in [-0.05, 0) is 25.2 Å². The Morgan fingerprint density at radius 3 is 3.11 bits per heavy atom. The van der Waals surface area contributed by atoms with Gasteiger partial charge in [0.1, 0.15) is 0 Å². The van der Waals surface area contributed by atoms with Crippen molar-refractivity contribution in [3.05, 3.63) is 22.2 Å². The molecule has 1 fully saturated rings. The van der Waals surface area contributed by atoms with Crippen LogP contribution >= 0.6 is 0 Å². The molecule has 0 spiro atoms. The van der Waals surface area contributed by atoms with E-state index in [1.54, 1.807) is 4.40 Å². The molecule has 1 aliphatic heterocycles. The van der Waals surface area contributed by atoms with E-state index in [1.807, 2.05) is 6.07 Å². The third kappa shape index (κ3) is 2.11. The normalized spacial score (nSPS) is 20.1. The van der Waals surface area contributed by atoms with E-state index in [0.29, 0.717) is 11.6 Å². The number of nitrogens with zero attached hydrogens (tertiary/aromatic N) is 4. The summed E-state index contributed by atoms with van der Waals surface area (Å²) in [5.74, 6) is 1.37. The summed E-state index contributed by atoms with van der Waals surface area (Å²) in [6.07, 6.45) is 3.23. The lowest BCUT2D eigenvalue weighted by molar-refractivity contribution is 0.440. The van der Waals surface area contributed by atoms with Crippen LogP contribution in [0.3, 0.4) is 0 Å². The zero-order valence-corrected chi connectivity index (χ0v) is 11.4. The number of aryl methyl sites for hydroxylation is 1. The van der Waals surface area contributed by atoms with Gasteiger partial charge in [-0.2, -0.15) is 5.10 Å². The fraction of sp³-hybridized carbons (Fsp3) is 0.615. The number of rotatable bonds is 2. The molecule has 0 amide bonds. The summed E-state index contributed by atoms with van der Waals surface area (Å²) in [7, 11) is 0. The van der Waals surface area contributed by atoms with Gasteiger partial charge in [0.25, 0.3) is 0 Å². The molecule has 1 saturated heterocycles. The van der Waals surface area contributed by atoms with Crippen LogP contribution in [0.15, 0.2) is 10.9 Å². The highest BCUT2D eigenvalue weighted by Crippen LogP contribution is 2.21. The van der Waals surface area contributed by atoms with Crippen LogP contribution in [0.25, 0.3) is 5.65 Å². The smallest absolute Gasteiger partial charge is 0.342 e. The molecule has 2 aromatic rings. The van der Waals surface area contributed by atoms with Gasteiger partial charge in [0.15, 0.2) is 5.65 Å². The van der Waals surface area contributed by atoms with E-state index in [-0.39, 0.29) is 5.69 Å². The third-order valence-electron chi connectivity index (χ3n) is 3.74. The second-order valence-electron chi connectivity index (χ2n) is 5.32. The molecule has 0 aliphatic carbocycles. The Hall–Kier alpha value is -1.85. The lowest BCUT2D eigenvalue weighted by atomic mass is 10.0. The van der Waals surface area contributed by atoms with Gasteiger partial charge >= 0.3 is 5.69 Å². The Bertz CT molecular complexity index is 644. The quantitative estimate of drug-likeness (QED) is 0.882. The maximum Gasteiger partial charge on any atom is 0.350 e. The summed E-state index contributed by atoms with van der Waals surface area (Å²) in [6.45, 7) is 6.21. The van der Waals surface area contributed by atoms with Crippen molar-refractivity contribution in [3.8, 4) is 0 Å². The Balaban J connectivity index is 2.14. The highest BCUT2D eigenvalue weighted by molar-refractivity contribution is 5.47. The van der Waals surface area contributed by atoms with E-state index in [4.69, 9.17) is 0 Å². The monoisotopic (exact) mass is 261 g/mol. The van der Waals surface area contributed by atoms with Crippen LogP contribution in [0.5, 0.6) is 0 Å². The first-order valence-electron chi connectivity index (χ1n) is 6.91. The molecule has 0 saturated carbocycles. The second-order valence-corrected chi connectivity index (χ2v) is 5.32. The van der Waals surface area contributed by atoms with Crippen molar-refractivity contribution in [2.75, 3.05) is 18.0 Å². The van der Waals surface area contributed by atoms with Crippen LogP contribution in [-0.2, 0) is 6.42 Å². The molecule has 1 atom stereocenters. The molecule has 3 rings (SSSR count). The number of nitrogens with one attached hydrogen (secondary N) is 1. The molecule has 0 bridgehead atoms. The van der Waals surface area contributed by atoms with Gasteiger partial charge in [-0.3, -0.25) is 0 Å². The zero-order chi connectivity index (χ0) is 13.4. The van der Waals surface area contributed by atoms with Crippen molar-refractivity contribution >= 4 is 11.6 Å². The van der Waals surface area contributed by atoms with E-state index in [9.17, 15) is 4.79 Å². The van der Waals surface area contributed by atoms with Crippen molar-refractivity contribution in [1.29, 1.82) is 0 Å². The molecule has 6 nitrogen and oxygen atoms in total. The average molecular weight is 261 g/mol. The van der Waals surface area contributed by atoms with E-state index >= 15 is 0 Å². The number of fused-ring (bicyclic) bond motifs is 1. The van der Waals surface area contributed by atoms with Crippen molar-refractivity contribution in [3.63, 3.8) is 0 Å². The van der Waals surface area contributed by atoms with E-state index in [0.717, 1.165) is 37.6 Å². The first kappa shape index (κ1) is 12.2. The zero-order valence-electron chi connectivity index (χ0n) is 11.4. The molecular formula is C13H19N5O. The Morgan fingerprint density at radius 2 is 2.37 bits per heavy atom. The lowest BCUT2D eigenvalue weighted by Gasteiger charge is -2.31. The summed E-state index contributed by atoms with van der Waals surface area (Å²) in [5.41, 5.74) is 1.42. The maximum atomic E-state index is 11.9. The van der Waals surface area contributed by atoms with Crippen LogP contribution in [0.1, 0.15) is 32.4 Å². The van der Waals surface area contributed by atoms with E-state index in [2.05, 4.69) is 33.9 Å². The minimum atomic E-state index is -0.210. The van der Waals surface area contributed by atoms with Crippen LogP contribution in [0, 0.1) is 5.92 Å². The van der Waals surface area contributed by atoms with Gasteiger partial charge in [0.2, 0.25) is 5.95 Å². The predicted octanol–water partition coefficient (Wildman–Crippen LogP) is 1.22. The first-order chi connectivity index (χ1) is 9.19. The highest BCUT2D eigenvalue weighted by Gasteiger charge is 2.21. The van der Waals surface area contributed by atoms with Gasteiger partial charge < -0.3 is 4.90 Å². The fourth-order valence-corrected chi connectivity index (χ4v) is 2.72. The third-order valence-corrected chi connectivity index (χ3v) is 3.74. The van der Waals surface area contributed by atoms with Gasteiger partial charge in [0.05, 0.1) is 0 Å². The number of piperidine rings is 1. The number of H-pyrrole nitrogens is 1. The maximum absolute atomic E-state index is 11.9. The largest absolute Gasteiger partial charge is 0.350 e. The molecular weight excluding hydrogens is 242 g/mol. The van der Waals surface area contributed by atoms with Gasteiger partial charge in [-0.15, -0.1) is 0 Å². The van der Waals surface area contributed by atoms with E-state index in [1.165, 1.54) is 6.42 Å². The van der Waals surface area contributed by atoms with Crippen LogP contribution in [-0.4, -0.2) is 32.7 Å². The SMILES string of the molecule is CCc1cc2n[nH]c(=O)n2c(N2CCCC(C)C2)n1. The van der Waals surface area contributed by atoms with Crippen LogP contribution < -0.4 is 10.6 Å². The molecule has 6 heteroatoms. The molecule has 1 aliphatic rings. The standard InChI is InChI=1S/C13H19N5O/c1-3-10-7-11-15-16-13(19)18(11)12(14-10)17-6-4-5-9(2)8-17/h7,9H,3-6,8H2,1-2H3,(H,16,19). The van der Waals surface area contributed by atoms with Crippen LogP contribution in [0.2, 0.25) is 0 Å². The summed E-state index contributed by atoms with van der Waals surface area (Å²) < 4.78 is 1.58. The van der Waals surface area contributed by atoms with Gasteiger partial charge in [-0.25, -0.2) is 19.3 Å². The van der Waals surface area contributed by atoms with Crippen molar-refractivity contribution in [2.24, 2.45) is 5.92 Å².